The summed E-state index contributed by atoms with van der Waals surface area (Å²) in [6.45, 7) is 8.96. The van der Waals surface area contributed by atoms with Gasteiger partial charge in [0.05, 0.1) is 39.0 Å². The van der Waals surface area contributed by atoms with Crippen molar-refractivity contribution in [3.63, 3.8) is 0 Å². The van der Waals surface area contributed by atoms with Crippen LogP contribution in [0.3, 0.4) is 0 Å². The van der Waals surface area contributed by atoms with E-state index in [9.17, 15) is 13.2 Å². The quantitative estimate of drug-likeness (QED) is 0.163. The molecule has 0 amide bonds. The first-order chi connectivity index (χ1) is 24.1. The summed E-state index contributed by atoms with van der Waals surface area (Å²) in [6.07, 6.45) is -9.83. The average Bonchev–Trinajstić information content (AvgIpc) is 3.53. The molecule has 0 radical (unpaired) electrons. The molecule has 2 nitrogen and oxygen atoms in total. The highest BCUT2D eigenvalue weighted by molar-refractivity contribution is 6.12. The zero-order valence-corrected chi connectivity index (χ0v) is 28.5. The molecular formula is C43H32F6N2. The Labute approximate surface area is 290 Å². The van der Waals surface area contributed by atoms with E-state index < -0.39 is 23.5 Å². The van der Waals surface area contributed by atoms with Crippen molar-refractivity contribution < 1.29 is 26.3 Å². The maximum Gasteiger partial charge on any atom is 0.420 e. The Morgan fingerprint density at radius 3 is 1.29 bits per heavy atom. The van der Waals surface area contributed by atoms with Crippen LogP contribution in [0.25, 0.3) is 66.1 Å². The van der Waals surface area contributed by atoms with E-state index >= 15 is 13.2 Å². The van der Waals surface area contributed by atoms with E-state index in [2.05, 4.69) is 0 Å². The van der Waals surface area contributed by atoms with Crippen molar-refractivity contribution in [1.82, 2.24) is 9.13 Å². The number of rotatable bonds is 3. The summed E-state index contributed by atoms with van der Waals surface area (Å²) in [7, 11) is 0. The summed E-state index contributed by atoms with van der Waals surface area (Å²) in [5.74, 6) is 0. The van der Waals surface area contributed by atoms with Gasteiger partial charge in [-0.2, -0.15) is 26.3 Å². The normalized spacial score (nSPS) is 12.6. The minimum Gasteiger partial charge on any atom is -0.309 e. The number of fused-ring (bicyclic) bond motifs is 6. The van der Waals surface area contributed by atoms with Crippen LogP contribution >= 0.6 is 0 Å². The molecule has 51 heavy (non-hydrogen) atoms. The fraction of sp³-hybridized carbons (Fsp3) is 0.163. The van der Waals surface area contributed by atoms with Crippen LogP contribution < -0.4 is 0 Å². The molecule has 0 saturated carbocycles. The van der Waals surface area contributed by atoms with Crippen molar-refractivity contribution in [3.8, 4) is 22.5 Å². The SMILES string of the molecule is Cc1ccc2c3ccc(C)cc3n(-c3ccc(-c4c(C)cccc4C(F)(F)F)c(-n4c5cc(C)ccc5c5ccc(C)cc54)c3C(F)(F)F)c2c1. The van der Waals surface area contributed by atoms with Gasteiger partial charge in [0.25, 0.3) is 0 Å². The van der Waals surface area contributed by atoms with Crippen molar-refractivity contribution in [2.45, 2.75) is 47.0 Å². The van der Waals surface area contributed by atoms with Crippen molar-refractivity contribution in [2.24, 2.45) is 0 Å². The van der Waals surface area contributed by atoms with E-state index in [1.54, 1.807) is 16.7 Å². The third-order valence-electron chi connectivity index (χ3n) is 9.91. The van der Waals surface area contributed by atoms with E-state index in [1.807, 2.05) is 88.4 Å². The number of nitrogens with zero attached hydrogens (tertiary/aromatic N) is 2. The molecule has 0 atom stereocenters. The van der Waals surface area contributed by atoms with Crippen molar-refractivity contribution in [2.75, 3.05) is 0 Å². The predicted octanol–water partition coefficient (Wildman–Crippen LogP) is 13.1. The molecule has 0 bridgehead atoms. The third-order valence-corrected chi connectivity index (χ3v) is 9.91. The first kappa shape index (κ1) is 32.7. The van der Waals surface area contributed by atoms with Gasteiger partial charge in [0, 0.05) is 27.1 Å². The molecule has 0 unspecified atom stereocenters. The van der Waals surface area contributed by atoms with Crippen LogP contribution in [0, 0.1) is 34.6 Å². The lowest BCUT2D eigenvalue weighted by molar-refractivity contribution is -0.137. The Kier molecular flexibility index (Phi) is 7.21. The van der Waals surface area contributed by atoms with Crippen LogP contribution in [0.4, 0.5) is 26.3 Å². The van der Waals surface area contributed by atoms with Gasteiger partial charge in [0.1, 0.15) is 5.56 Å². The predicted molar refractivity (Wildman–Crippen MR) is 194 cm³/mol. The first-order valence-electron chi connectivity index (χ1n) is 16.6. The van der Waals surface area contributed by atoms with Crippen LogP contribution in [0.2, 0.25) is 0 Å². The second-order valence-electron chi connectivity index (χ2n) is 13.6. The topological polar surface area (TPSA) is 9.86 Å². The van der Waals surface area contributed by atoms with E-state index in [-0.39, 0.29) is 28.1 Å². The van der Waals surface area contributed by atoms with Crippen molar-refractivity contribution in [1.29, 1.82) is 0 Å². The zero-order chi connectivity index (χ0) is 36.1. The lowest BCUT2D eigenvalue weighted by Gasteiger charge is -2.26. The second-order valence-corrected chi connectivity index (χ2v) is 13.6. The number of aromatic nitrogens is 2. The number of hydrogen-bond acceptors (Lipinski definition) is 0. The molecule has 8 heteroatoms. The monoisotopic (exact) mass is 690 g/mol. The summed E-state index contributed by atoms with van der Waals surface area (Å²) in [5, 5.41) is 2.94. The second kappa shape index (κ2) is 11.3. The summed E-state index contributed by atoms with van der Waals surface area (Å²) in [4.78, 5) is 0. The molecule has 0 spiro atoms. The van der Waals surface area contributed by atoms with Gasteiger partial charge in [0.2, 0.25) is 0 Å². The van der Waals surface area contributed by atoms with Crippen LogP contribution in [0.5, 0.6) is 0 Å². The molecule has 0 N–H and O–H groups in total. The van der Waals surface area contributed by atoms with Gasteiger partial charge in [0.15, 0.2) is 0 Å². The maximum absolute atomic E-state index is 16.3. The summed E-state index contributed by atoms with van der Waals surface area (Å²) in [5.41, 5.74) is 2.60. The molecule has 6 aromatic carbocycles. The fourth-order valence-corrected chi connectivity index (χ4v) is 7.72. The van der Waals surface area contributed by atoms with Crippen LogP contribution in [-0.4, -0.2) is 9.13 Å². The molecular weight excluding hydrogens is 658 g/mol. The van der Waals surface area contributed by atoms with E-state index in [1.165, 1.54) is 35.8 Å². The Morgan fingerprint density at radius 2 is 0.882 bits per heavy atom. The van der Waals surface area contributed by atoms with Crippen molar-refractivity contribution >= 4 is 43.6 Å². The molecule has 2 heterocycles. The Balaban J connectivity index is 1.67. The van der Waals surface area contributed by atoms with Gasteiger partial charge >= 0.3 is 12.4 Å². The molecule has 2 aromatic heterocycles. The number of alkyl halides is 6. The van der Waals surface area contributed by atoms with Gasteiger partial charge in [-0.15, -0.1) is 0 Å². The molecule has 0 fully saturated rings. The highest BCUT2D eigenvalue weighted by Gasteiger charge is 2.42. The van der Waals surface area contributed by atoms with E-state index in [0.29, 0.717) is 32.8 Å². The average molecular weight is 691 g/mol. The number of hydrogen-bond donors (Lipinski definition) is 0. The standard InChI is InChI=1S/C43H32F6N2/c1-23-9-13-28-29-14-10-24(2)20-36(29)50(35(28)19-23)34-18-17-32(39-27(5)7-6-8-33(39)42(44,45)46)41(40(34)43(47,48)49)51-37-21-25(3)11-15-30(37)31-16-12-26(4)22-38(31)51/h6-22H,1-5H3. The van der Waals surface area contributed by atoms with Crippen molar-refractivity contribution in [3.05, 3.63) is 142 Å². The van der Waals surface area contributed by atoms with Gasteiger partial charge in [-0.05, 0) is 104 Å². The Bertz CT molecular complexity index is 2600. The van der Waals surface area contributed by atoms with Gasteiger partial charge < -0.3 is 9.13 Å². The summed E-state index contributed by atoms with van der Waals surface area (Å²) >= 11 is 0. The summed E-state index contributed by atoms with van der Waals surface area (Å²) < 4.78 is 96.5. The highest BCUT2D eigenvalue weighted by atomic mass is 19.4. The van der Waals surface area contributed by atoms with E-state index in [4.69, 9.17) is 0 Å². The molecule has 0 aliphatic rings. The Morgan fingerprint density at radius 1 is 0.451 bits per heavy atom. The van der Waals surface area contributed by atoms with Crippen LogP contribution in [0.1, 0.15) is 38.9 Å². The lowest BCUT2D eigenvalue weighted by atomic mass is 9.90. The molecule has 0 aliphatic heterocycles. The highest BCUT2D eigenvalue weighted by Crippen LogP contribution is 2.50. The fourth-order valence-electron chi connectivity index (χ4n) is 7.72. The van der Waals surface area contributed by atoms with Crippen LogP contribution in [-0.2, 0) is 12.4 Å². The third kappa shape index (κ3) is 5.10. The first-order valence-corrected chi connectivity index (χ1v) is 16.6. The lowest BCUT2D eigenvalue weighted by Crippen LogP contribution is -2.18. The zero-order valence-electron chi connectivity index (χ0n) is 28.5. The number of benzene rings is 6. The molecule has 0 saturated heterocycles. The molecule has 8 rings (SSSR count). The minimum absolute atomic E-state index is 0.161. The molecule has 8 aromatic rings. The van der Waals surface area contributed by atoms with Gasteiger partial charge in [-0.3, -0.25) is 0 Å². The number of aryl methyl sites for hydroxylation is 5. The maximum atomic E-state index is 16.3. The largest absolute Gasteiger partial charge is 0.420 e. The van der Waals surface area contributed by atoms with E-state index in [0.717, 1.165) is 39.1 Å². The number of halogens is 6. The van der Waals surface area contributed by atoms with Gasteiger partial charge in [-0.1, -0.05) is 66.7 Å². The molecule has 256 valence electrons. The summed E-state index contributed by atoms with van der Waals surface area (Å²) in [6, 6.07) is 29.0. The Hall–Kier alpha value is -5.50. The minimum atomic E-state index is -5.01. The van der Waals surface area contributed by atoms with Crippen LogP contribution in [0.15, 0.2) is 103 Å². The molecule has 0 aliphatic carbocycles. The van der Waals surface area contributed by atoms with Gasteiger partial charge in [-0.25, -0.2) is 0 Å². The smallest absolute Gasteiger partial charge is 0.309 e.